The zero-order chi connectivity index (χ0) is 13.0. The van der Waals surface area contributed by atoms with Gasteiger partial charge in [0.2, 0.25) is 5.78 Å². The first kappa shape index (κ1) is 13.4. The standard InChI is InChI=1S/C13H16O4/c1-4-17-13-10(11(15)8(2)3)6-5-9(7-14)12(13)16/h5-9H,4H2,1-3H3. The highest BCUT2D eigenvalue weighted by atomic mass is 16.5. The van der Waals surface area contributed by atoms with Gasteiger partial charge in [0.05, 0.1) is 18.1 Å². The lowest BCUT2D eigenvalue weighted by atomic mass is 9.89. The van der Waals surface area contributed by atoms with Crippen LogP contribution in [-0.4, -0.2) is 24.5 Å². The Balaban J connectivity index is 3.17. The van der Waals surface area contributed by atoms with Crippen LogP contribution in [0.25, 0.3) is 0 Å². The number of hydrogen-bond acceptors (Lipinski definition) is 4. The molecule has 0 amide bonds. The molecule has 0 saturated carbocycles. The van der Waals surface area contributed by atoms with Crippen molar-refractivity contribution in [1.29, 1.82) is 0 Å². The third-order valence-electron chi connectivity index (χ3n) is 2.47. The Bertz CT molecular complexity index is 402. The summed E-state index contributed by atoms with van der Waals surface area (Å²) in [5.74, 6) is -1.62. The van der Waals surface area contributed by atoms with Crippen molar-refractivity contribution in [2.24, 2.45) is 11.8 Å². The van der Waals surface area contributed by atoms with Gasteiger partial charge in [-0.2, -0.15) is 0 Å². The molecule has 0 aromatic rings. The van der Waals surface area contributed by atoms with E-state index in [9.17, 15) is 14.4 Å². The Morgan fingerprint density at radius 1 is 1.53 bits per heavy atom. The van der Waals surface area contributed by atoms with E-state index in [4.69, 9.17) is 4.74 Å². The maximum absolute atomic E-state index is 11.9. The van der Waals surface area contributed by atoms with Crippen LogP contribution in [0.15, 0.2) is 23.5 Å². The van der Waals surface area contributed by atoms with Crippen LogP contribution in [0.1, 0.15) is 20.8 Å². The topological polar surface area (TPSA) is 60.4 Å². The minimum absolute atomic E-state index is 0.0193. The average Bonchev–Trinajstić information content (AvgIpc) is 2.31. The number of ether oxygens (including phenoxy) is 1. The van der Waals surface area contributed by atoms with Crippen LogP contribution in [-0.2, 0) is 19.1 Å². The molecule has 1 atom stereocenters. The predicted octanol–water partition coefficient (Wildman–Crippen LogP) is 1.46. The second-order valence-electron chi connectivity index (χ2n) is 4.08. The molecule has 4 nitrogen and oxygen atoms in total. The quantitative estimate of drug-likeness (QED) is 0.535. The molecular formula is C13H16O4. The highest BCUT2D eigenvalue weighted by Gasteiger charge is 2.30. The molecule has 1 unspecified atom stereocenters. The second-order valence-corrected chi connectivity index (χ2v) is 4.08. The lowest BCUT2D eigenvalue weighted by molar-refractivity contribution is -0.127. The van der Waals surface area contributed by atoms with Gasteiger partial charge in [-0.05, 0) is 6.92 Å². The number of rotatable bonds is 5. The van der Waals surface area contributed by atoms with Crippen LogP contribution in [0.3, 0.4) is 0 Å². The van der Waals surface area contributed by atoms with E-state index >= 15 is 0 Å². The molecule has 0 aromatic heterocycles. The number of allylic oxidation sites excluding steroid dienone is 4. The third kappa shape index (κ3) is 2.70. The Hall–Kier alpha value is -1.71. The van der Waals surface area contributed by atoms with Crippen molar-refractivity contribution in [1.82, 2.24) is 0 Å². The van der Waals surface area contributed by atoms with E-state index in [1.165, 1.54) is 12.2 Å². The lowest BCUT2D eigenvalue weighted by Gasteiger charge is -2.18. The predicted molar refractivity (Wildman–Crippen MR) is 62.2 cm³/mol. The average molecular weight is 236 g/mol. The zero-order valence-corrected chi connectivity index (χ0v) is 10.2. The highest BCUT2D eigenvalue weighted by molar-refractivity contribution is 6.13. The summed E-state index contributed by atoms with van der Waals surface area (Å²) in [6.45, 7) is 5.52. The molecule has 0 aromatic carbocycles. The van der Waals surface area contributed by atoms with Gasteiger partial charge in [-0.25, -0.2) is 0 Å². The van der Waals surface area contributed by atoms with Crippen molar-refractivity contribution in [3.63, 3.8) is 0 Å². The first-order valence-electron chi connectivity index (χ1n) is 5.61. The fourth-order valence-corrected chi connectivity index (χ4v) is 1.55. The number of carbonyl (C=O) groups excluding carboxylic acids is 3. The molecule has 1 aliphatic carbocycles. The largest absolute Gasteiger partial charge is 0.489 e. The maximum Gasteiger partial charge on any atom is 0.212 e. The Labute approximate surface area is 100 Å². The van der Waals surface area contributed by atoms with Gasteiger partial charge in [-0.1, -0.05) is 26.0 Å². The normalized spacial score (nSPS) is 19.8. The van der Waals surface area contributed by atoms with Crippen LogP contribution < -0.4 is 0 Å². The van der Waals surface area contributed by atoms with Crippen LogP contribution in [0.4, 0.5) is 0 Å². The monoisotopic (exact) mass is 236 g/mol. The van der Waals surface area contributed by atoms with Crippen LogP contribution >= 0.6 is 0 Å². The van der Waals surface area contributed by atoms with Crippen molar-refractivity contribution in [2.75, 3.05) is 6.61 Å². The smallest absolute Gasteiger partial charge is 0.212 e. The van der Waals surface area contributed by atoms with Gasteiger partial charge >= 0.3 is 0 Å². The minimum atomic E-state index is -0.833. The van der Waals surface area contributed by atoms with Crippen molar-refractivity contribution in [2.45, 2.75) is 20.8 Å². The van der Waals surface area contributed by atoms with E-state index in [0.29, 0.717) is 6.29 Å². The summed E-state index contributed by atoms with van der Waals surface area (Å²) in [4.78, 5) is 34.5. The van der Waals surface area contributed by atoms with Crippen molar-refractivity contribution < 1.29 is 19.1 Å². The third-order valence-corrected chi connectivity index (χ3v) is 2.47. The van der Waals surface area contributed by atoms with Crippen molar-refractivity contribution in [3.05, 3.63) is 23.5 Å². The Morgan fingerprint density at radius 3 is 2.65 bits per heavy atom. The molecule has 0 N–H and O–H groups in total. The number of Topliss-reactive ketones (excluding diaryl/α,β-unsaturated/α-hetero) is 2. The summed E-state index contributed by atoms with van der Waals surface area (Å²) < 4.78 is 5.21. The zero-order valence-electron chi connectivity index (χ0n) is 10.2. The molecule has 0 fully saturated rings. The van der Waals surface area contributed by atoms with E-state index in [0.717, 1.165) is 0 Å². The van der Waals surface area contributed by atoms with Crippen LogP contribution in [0.5, 0.6) is 0 Å². The fourth-order valence-electron chi connectivity index (χ4n) is 1.55. The van der Waals surface area contributed by atoms with Gasteiger partial charge in [0.15, 0.2) is 11.5 Å². The van der Waals surface area contributed by atoms with Gasteiger partial charge in [-0.15, -0.1) is 0 Å². The summed E-state index contributed by atoms with van der Waals surface area (Å²) in [7, 11) is 0. The van der Waals surface area contributed by atoms with E-state index in [2.05, 4.69) is 0 Å². The van der Waals surface area contributed by atoms with Gasteiger partial charge in [0, 0.05) is 5.92 Å². The van der Waals surface area contributed by atoms with E-state index in [1.54, 1.807) is 20.8 Å². The number of hydrogen-bond donors (Lipinski definition) is 0. The van der Waals surface area contributed by atoms with E-state index < -0.39 is 11.7 Å². The van der Waals surface area contributed by atoms with E-state index in [-0.39, 0.29) is 29.6 Å². The van der Waals surface area contributed by atoms with Crippen molar-refractivity contribution >= 4 is 17.9 Å². The van der Waals surface area contributed by atoms with Gasteiger partial charge < -0.3 is 9.53 Å². The van der Waals surface area contributed by atoms with Crippen molar-refractivity contribution in [3.8, 4) is 0 Å². The molecule has 0 spiro atoms. The Kier molecular flexibility index (Phi) is 4.37. The molecular weight excluding hydrogens is 220 g/mol. The summed E-state index contributed by atoms with van der Waals surface area (Å²) in [5, 5.41) is 0. The first-order valence-corrected chi connectivity index (χ1v) is 5.61. The Morgan fingerprint density at radius 2 is 2.18 bits per heavy atom. The molecule has 1 rings (SSSR count). The minimum Gasteiger partial charge on any atom is -0.489 e. The molecule has 0 radical (unpaired) electrons. The fraction of sp³-hybridized carbons (Fsp3) is 0.462. The van der Waals surface area contributed by atoms with Crippen LogP contribution in [0.2, 0.25) is 0 Å². The maximum atomic E-state index is 11.9. The summed E-state index contributed by atoms with van der Waals surface area (Å²) >= 11 is 0. The van der Waals surface area contributed by atoms with Gasteiger partial charge in [0.1, 0.15) is 6.29 Å². The molecule has 0 saturated heterocycles. The molecule has 0 heterocycles. The second kappa shape index (κ2) is 5.57. The SMILES string of the molecule is CCOC1=C(C(=O)C(C)C)C=CC(C=O)C1=O. The summed E-state index contributed by atoms with van der Waals surface area (Å²) in [6, 6.07) is 0. The lowest BCUT2D eigenvalue weighted by Crippen LogP contribution is -2.26. The molecule has 17 heavy (non-hydrogen) atoms. The number of carbonyl (C=O) groups is 3. The molecule has 0 aliphatic heterocycles. The molecule has 92 valence electrons. The van der Waals surface area contributed by atoms with E-state index in [1.807, 2.05) is 0 Å². The highest BCUT2D eigenvalue weighted by Crippen LogP contribution is 2.23. The first-order chi connectivity index (χ1) is 8.02. The van der Waals surface area contributed by atoms with Crippen LogP contribution in [0, 0.1) is 11.8 Å². The molecule has 4 heteroatoms. The van der Waals surface area contributed by atoms with Gasteiger partial charge in [-0.3, -0.25) is 9.59 Å². The number of aldehydes is 1. The summed E-state index contributed by atoms with van der Waals surface area (Å²) in [5.41, 5.74) is 0.268. The molecule has 0 bridgehead atoms. The molecule has 1 aliphatic rings. The van der Waals surface area contributed by atoms with Gasteiger partial charge in [0.25, 0.3) is 0 Å². The number of ketones is 2. The summed E-state index contributed by atoms with van der Waals surface area (Å²) in [6.07, 6.45) is 3.50.